The zero-order valence-electron chi connectivity index (χ0n) is 10.4. The molecule has 1 aromatic carbocycles. The second-order valence-electron chi connectivity index (χ2n) is 3.94. The molecule has 98 valence electrons. The number of carbonyl (C=O) groups is 2. The van der Waals surface area contributed by atoms with Gasteiger partial charge in [-0.2, -0.15) is 0 Å². The van der Waals surface area contributed by atoms with Crippen molar-refractivity contribution in [3.8, 4) is 5.75 Å². The number of benzene rings is 1. The maximum absolute atomic E-state index is 11.4. The van der Waals surface area contributed by atoms with Crippen LogP contribution in [0.3, 0.4) is 0 Å². The fraction of sp³-hybridized carbons (Fsp3) is 0.385. The number of hydrogen-bond acceptors (Lipinski definition) is 3. The van der Waals surface area contributed by atoms with Gasteiger partial charge in [0.15, 0.2) is 0 Å². The molecule has 1 rings (SSSR count). The van der Waals surface area contributed by atoms with Crippen LogP contribution in [0.25, 0.3) is 0 Å². The topological polar surface area (TPSA) is 81.4 Å². The number of nitrogens with two attached hydrogens (primary N) is 1. The molecule has 0 saturated heterocycles. The molecule has 0 aliphatic rings. The van der Waals surface area contributed by atoms with Crippen molar-refractivity contribution in [1.29, 1.82) is 0 Å². The number of primary amides is 1. The average Bonchev–Trinajstić information content (AvgIpc) is 2.36. The minimum Gasteiger partial charge on any atom is -0.497 e. The van der Waals surface area contributed by atoms with E-state index in [2.05, 4.69) is 5.32 Å². The summed E-state index contributed by atoms with van der Waals surface area (Å²) in [4.78, 5) is 21.9. The van der Waals surface area contributed by atoms with Gasteiger partial charge in [-0.3, -0.25) is 9.59 Å². The summed E-state index contributed by atoms with van der Waals surface area (Å²) >= 11 is 0. The number of methoxy groups -OCH3 is 1. The highest BCUT2D eigenvalue weighted by atomic mass is 16.5. The fourth-order valence-electron chi connectivity index (χ4n) is 1.46. The van der Waals surface area contributed by atoms with Crippen LogP contribution in [0.15, 0.2) is 24.3 Å². The van der Waals surface area contributed by atoms with Gasteiger partial charge >= 0.3 is 0 Å². The molecule has 0 atom stereocenters. The van der Waals surface area contributed by atoms with Crippen LogP contribution in [0.5, 0.6) is 5.75 Å². The maximum Gasteiger partial charge on any atom is 0.220 e. The number of rotatable bonds is 7. The van der Waals surface area contributed by atoms with Crippen molar-refractivity contribution in [1.82, 2.24) is 5.32 Å². The van der Waals surface area contributed by atoms with Gasteiger partial charge in [-0.25, -0.2) is 0 Å². The van der Waals surface area contributed by atoms with Crippen LogP contribution in [0.4, 0.5) is 0 Å². The summed E-state index contributed by atoms with van der Waals surface area (Å²) in [5.41, 5.74) is 5.99. The van der Waals surface area contributed by atoms with Crippen LogP contribution < -0.4 is 15.8 Å². The standard InChI is InChI=1S/C13H18N2O3/c1-18-11-7-5-10(6-8-11)9-15-13(17)4-2-3-12(14)16/h5-8H,2-4,9H2,1H3,(H2,14,16)(H,15,17). The molecular weight excluding hydrogens is 232 g/mol. The quantitative estimate of drug-likeness (QED) is 0.756. The summed E-state index contributed by atoms with van der Waals surface area (Å²) < 4.78 is 5.04. The van der Waals surface area contributed by atoms with Gasteiger partial charge in [0.2, 0.25) is 11.8 Å². The third kappa shape index (κ3) is 5.34. The van der Waals surface area contributed by atoms with Gasteiger partial charge in [0.1, 0.15) is 5.75 Å². The number of nitrogens with one attached hydrogen (secondary N) is 1. The van der Waals surface area contributed by atoms with Crippen LogP contribution >= 0.6 is 0 Å². The van der Waals surface area contributed by atoms with Gasteiger partial charge in [0, 0.05) is 19.4 Å². The molecule has 0 fully saturated rings. The molecule has 5 nitrogen and oxygen atoms in total. The summed E-state index contributed by atoms with van der Waals surface area (Å²) in [7, 11) is 1.61. The van der Waals surface area contributed by atoms with Gasteiger partial charge in [-0.15, -0.1) is 0 Å². The Balaban J connectivity index is 2.26. The lowest BCUT2D eigenvalue weighted by molar-refractivity contribution is -0.121. The maximum atomic E-state index is 11.4. The van der Waals surface area contributed by atoms with E-state index < -0.39 is 0 Å². The first-order valence-electron chi connectivity index (χ1n) is 5.79. The first-order chi connectivity index (χ1) is 8.61. The Kier molecular flexibility index (Phi) is 5.70. The molecular formula is C13H18N2O3. The van der Waals surface area contributed by atoms with Crippen molar-refractivity contribution in [2.75, 3.05) is 7.11 Å². The number of hydrogen-bond donors (Lipinski definition) is 2. The number of carbonyl (C=O) groups excluding carboxylic acids is 2. The van der Waals surface area contributed by atoms with E-state index in [1.165, 1.54) is 0 Å². The van der Waals surface area contributed by atoms with Crippen molar-refractivity contribution < 1.29 is 14.3 Å². The van der Waals surface area contributed by atoms with Crippen molar-refractivity contribution >= 4 is 11.8 Å². The zero-order chi connectivity index (χ0) is 13.4. The molecule has 1 aromatic rings. The molecule has 18 heavy (non-hydrogen) atoms. The molecule has 0 unspecified atom stereocenters. The van der Waals surface area contributed by atoms with Crippen LogP contribution in [0, 0.1) is 0 Å². The summed E-state index contributed by atoms with van der Waals surface area (Å²) in [5.74, 6) is 0.330. The summed E-state index contributed by atoms with van der Waals surface area (Å²) in [5, 5.41) is 2.78. The fourth-order valence-corrected chi connectivity index (χ4v) is 1.46. The molecule has 2 amide bonds. The van der Waals surface area contributed by atoms with E-state index in [4.69, 9.17) is 10.5 Å². The van der Waals surface area contributed by atoms with Crippen LogP contribution in [-0.4, -0.2) is 18.9 Å². The molecule has 0 radical (unpaired) electrons. The molecule has 3 N–H and O–H groups in total. The van der Waals surface area contributed by atoms with Crippen LogP contribution in [0.2, 0.25) is 0 Å². The van der Waals surface area contributed by atoms with Crippen molar-refractivity contribution in [2.24, 2.45) is 5.73 Å². The normalized spacial score (nSPS) is 9.83. The van der Waals surface area contributed by atoms with Crippen LogP contribution in [-0.2, 0) is 16.1 Å². The minimum atomic E-state index is -0.377. The summed E-state index contributed by atoms with van der Waals surface area (Å²) in [6.07, 6.45) is 1.05. The molecule has 0 heterocycles. The zero-order valence-corrected chi connectivity index (χ0v) is 10.4. The largest absolute Gasteiger partial charge is 0.497 e. The highest BCUT2D eigenvalue weighted by Crippen LogP contribution is 2.10. The predicted octanol–water partition coefficient (Wildman–Crippen LogP) is 0.967. The Labute approximate surface area is 106 Å². The molecule has 5 heteroatoms. The highest BCUT2D eigenvalue weighted by molar-refractivity contribution is 5.77. The molecule has 0 aromatic heterocycles. The monoisotopic (exact) mass is 250 g/mol. The number of amides is 2. The van der Waals surface area contributed by atoms with Gasteiger partial charge in [-0.1, -0.05) is 12.1 Å². The van der Waals surface area contributed by atoms with Gasteiger partial charge < -0.3 is 15.8 Å². The van der Waals surface area contributed by atoms with E-state index in [0.717, 1.165) is 11.3 Å². The molecule has 0 bridgehead atoms. The van der Waals surface area contributed by atoms with Gasteiger partial charge in [0.25, 0.3) is 0 Å². The Morgan fingerprint density at radius 2 is 1.89 bits per heavy atom. The Bertz CT molecular complexity index is 401. The van der Waals surface area contributed by atoms with Crippen LogP contribution in [0.1, 0.15) is 24.8 Å². The summed E-state index contributed by atoms with van der Waals surface area (Å²) in [6.45, 7) is 0.472. The Morgan fingerprint density at radius 1 is 1.22 bits per heavy atom. The minimum absolute atomic E-state index is 0.0768. The number of ether oxygens (including phenoxy) is 1. The van der Waals surface area contributed by atoms with Crippen molar-refractivity contribution in [3.05, 3.63) is 29.8 Å². The Morgan fingerprint density at radius 3 is 2.44 bits per heavy atom. The lowest BCUT2D eigenvalue weighted by Gasteiger charge is -2.06. The van der Waals surface area contributed by atoms with E-state index >= 15 is 0 Å². The predicted molar refractivity (Wildman–Crippen MR) is 67.9 cm³/mol. The molecule has 0 saturated carbocycles. The van der Waals surface area contributed by atoms with E-state index in [0.29, 0.717) is 19.4 Å². The average molecular weight is 250 g/mol. The lowest BCUT2D eigenvalue weighted by Crippen LogP contribution is -2.23. The molecule has 0 aliphatic heterocycles. The third-order valence-corrected chi connectivity index (χ3v) is 2.48. The summed E-state index contributed by atoms with van der Waals surface area (Å²) in [6, 6.07) is 7.47. The van der Waals surface area contributed by atoms with Crippen molar-refractivity contribution in [3.63, 3.8) is 0 Å². The van der Waals surface area contributed by atoms with Gasteiger partial charge in [0.05, 0.1) is 7.11 Å². The first-order valence-corrected chi connectivity index (χ1v) is 5.79. The SMILES string of the molecule is COc1ccc(CNC(=O)CCCC(N)=O)cc1. The highest BCUT2D eigenvalue weighted by Gasteiger charge is 2.03. The molecule has 0 aliphatic carbocycles. The third-order valence-electron chi connectivity index (χ3n) is 2.48. The Hall–Kier alpha value is -2.04. The van der Waals surface area contributed by atoms with E-state index in [9.17, 15) is 9.59 Å². The van der Waals surface area contributed by atoms with Crippen molar-refractivity contribution in [2.45, 2.75) is 25.8 Å². The van der Waals surface area contributed by atoms with E-state index in [1.54, 1.807) is 7.11 Å². The van der Waals surface area contributed by atoms with E-state index in [-0.39, 0.29) is 18.2 Å². The first kappa shape index (κ1) is 14.0. The second kappa shape index (κ2) is 7.32. The van der Waals surface area contributed by atoms with E-state index in [1.807, 2.05) is 24.3 Å². The smallest absolute Gasteiger partial charge is 0.220 e. The molecule has 0 spiro atoms. The second-order valence-corrected chi connectivity index (χ2v) is 3.94. The van der Waals surface area contributed by atoms with Gasteiger partial charge in [-0.05, 0) is 24.1 Å². The lowest BCUT2D eigenvalue weighted by atomic mass is 10.2.